The second-order valence-corrected chi connectivity index (χ2v) is 7.75. The van der Waals surface area contributed by atoms with Gasteiger partial charge in [0.25, 0.3) is 0 Å². The molecule has 1 aliphatic heterocycles. The first-order valence-electron chi connectivity index (χ1n) is 11.1. The number of benzene rings is 2. The second kappa shape index (κ2) is 11.1. The third-order valence-electron chi connectivity index (χ3n) is 5.78. The smallest absolute Gasteiger partial charge is 0.307 e. The van der Waals surface area contributed by atoms with E-state index in [0.29, 0.717) is 43.4 Å². The molecule has 1 fully saturated rings. The van der Waals surface area contributed by atoms with Gasteiger partial charge in [-0.2, -0.15) is 0 Å². The van der Waals surface area contributed by atoms with E-state index < -0.39 is 11.9 Å². The lowest BCUT2D eigenvalue weighted by molar-refractivity contribution is -0.143. The van der Waals surface area contributed by atoms with Crippen LogP contribution in [0.15, 0.2) is 36.4 Å². The van der Waals surface area contributed by atoms with Crippen LogP contribution in [0.25, 0.3) is 0 Å². The van der Waals surface area contributed by atoms with Crippen molar-refractivity contribution in [2.75, 3.05) is 40.5 Å². The zero-order chi connectivity index (χ0) is 23.1. The number of likely N-dealkylation sites (tertiary alicyclic amines) is 1. The number of methoxy groups -OCH3 is 2. The van der Waals surface area contributed by atoms with Crippen molar-refractivity contribution >= 4 is 5.97 Å². The summed E-state index contributed by atoms with van der Waals surface area (Å²) in [4.78, 5) is 14.0. The van der Waals surface area contributed by atoms with Crippen molar-refractivity contribution in [2.45, 2.75) is 32.7 Å². The highest BCUT2D eigenvalue weighted by Crippen LogP contribution is 2.41. The van der Waals surface area contributed by atoms with Crippen LogP contribution in [0.4, 0.5) is 0 Å². The van der Waals surface area contributed by atoms with Crippen molar-refractivity contribution in [2.24, 2.45) is 5.92 Å². The summed E-state index contributed by atoms with van der Waals surface area (Å²) >= 11 is 0. The fourth-order valence-electron chi connectivity index (χ4n) is 4.32. The molecule has 32 heavy (non-hydrogen) atoms. The van der Waals surface area contributed by atoms with E-state index in [9.17, 15) is 9.90 Å². The number of piperidine rings is 1. The van der Waals surface area contributed by atoms with E-state index in [4.69, 9.17) is 18.9 Å². The van der Waals surface area contributed by atoms with Crippen molar-refractivity contribution in [1.29, 1.82) is 0 Å². The topological polar surface area (TPSA) is 77.5 Å². The van der Waals surface area contributed by atoms with Gasteiger partial charge in [-0.15, -0.1) is 0 Å². The van der Waals surface area contributed by atoms with E-state index in [2.05, 4.69) is 4.90 Å². The minimum Gasteiger partial charge on any atom is -0.497 e. The molecule has 2 unspecified atom stereocenters. The molecule has 0 amide bonds. The third-order valence-corrected chi connectivity index (χ3v) is 5.78. The van der Waals surface area contributed by atoms with Gasteiger partial charge in [-0.25, -0.2) is 0 Å². The fourth-order valence-corrected chi connectivity index (χ4v) is 4.32. The lowest BCUT2D eigenvalue weighted by Gasteiger charge is -2.38. The van der Waals surface area contributed by atoms with E-state index in [1.807, 2.05) is 50.2 Å². The van der Waals surface area contributed by atoms with Crippen LogP contribution in [0.5, 0.6) is 23.0 Å². The molecular weight excluding hydrogens is 410 g/mol. The van der Waals surface area contributed by atoms with Gasteiger partial charge in [0.1, 0.15) is 11.5 Å². The second-order valence-electron chi connectivity index (χ2n) is 7.75. The SMILES string of the molecule is CCOc1ccc(C(c2cc(OC)ccc2OC)N2CCCC(C(=O)O)C2)cc1OCC. The lowest BCUT2D eigenvalue weighted by atomic mass is 9.90. The molecule has 1 N–H and O–H groups in total. The molecule has 0 spiro atoms. The van der Waals surface area contributed by atoms with E-state index >= 15 is 0 Å². The Morgan fingerprint density at radius 1 is 1.03 bits per heavy atom. The van der Waals surface area contributed by atoms with E-state index in [0.717, 1.165) is 29.8 Å². The number of aliphatic carboxylic acids is 1. The van der Waals surface area contributed by atoms with Crippen molar-refractivity contribution in [3.63, 3.8) is 0 Å². The minimum atomic E-state index is -0.757. The van der Waals surface area contributed by atoms with Gasteiger partial charge in [-0.3, -0.25) is 9.69 Å². The molecule has 2 aromatic rings. The van der Waals surface area contributed by atoms with Gasteiger partial charge in [0, 0.05) is 12.1 Å². The molecule has 1 aliphatic rings. The molecule has 2 aromatic carbocycles. The van der Waals surface area contributed by atoms with E-state index in [1.165, 1.54) is 0 Å². The van der Waals surface area contributed by atoms with Crippen LogP contribution in [0, 0.1) is 5.92 Å². The molecule has 7 heteroatoms. The monoisotopic (exact) mass is 443 g/mol. The molecule has 0 bridgehead atoms. The van der Waals surface area contributed by atoms with Crippen LogP contribution in [-0.4, -0.2) is 56.5 Å². The molecule has 0 aliphatic carbocycles. The molecule has 0 saturated carbocycles. The third kappa shape index (κ3) is 5.27. The van der Waals surface area contributed by atoms with Gasteiger partial charge in [0.05, 0.1) is 39.4 Å². The quantitative estimate of drug-likeness (QED) is 0.584. The van der Waals surface area contributed by atoms with E-state index in [1.54, 1.807) is 14.2 Å². The summed E-state index contributed by atoms with van der Waals surface area (Å²) in [7, 11) is 3.27. The maximum Gasteiger partial charge on any atom is 0.307 e. The van der Waals surface area contributed by atoms with Crippen molar-refractivity contribution in [1.82, 2.24) is 4.90 Å². The summed E-state index contributed by atoms with van der Waals surface area (Å²) in [5, 5.41) is 9.66. The largest absolute Gasteiger partial charge is 0.497 e. The minimum absolute atomic E-state index is 0.225. The summed E-state index contributed by atoms with van der Waals surface area (Å²) in [6, 6.07) is 11.4. The standard InChI is InChI=1S/C25H33NO6/c1-5-31-22-11-9-17(14-23(22)32-6-2)24(26-13-7-8-18(16-26)25(27)28)20-15-19(29-3)10-12-21(20)30-4/h9-12,14-15,18,24H,5-8,13,16H2,1-4H3,(H,27,28). The zero-order valence-corrected chi connectivity index (χ0v) is 19.3. The van der Waals surface area contributed by atoms with Gasteiger partial charge in [-0.05, 0) is 69.1 Å². The normalized spacial score (nSPS) is 17.4. The number of rotatable bonds is 10. The van der Waals surface area contributed by atoms with Crippen molar-refractivity contribution < 1.29 is 28.8 Å². The van der Waals surface area contributed by atoms with E-state index in [-0.39, 0.29) is 6.04 Å². The average Bonchev–Trinajstić information content (AvgIpc) is 2.81. The molecule has 1 heterocycles. The number of nitrogens with zero attached hydrogens (tertiary/aromatic N) is 1. The average molecular weight is 444 g/mol. The predicted octanol–water partition coefficient (Wildman–Crippen LogP) is 4.39. The highest BCUT2D eigenvalue weighted by Gasteiger charge is 2.33. The first-order valence-corrected chi connectivity index (χ1v) is 11.1. The summed E-state index contributed by atoms with van der Waals surface area (Å²) in [5.74, 6) is 1.64. The summed E-state index contributed by atoms with van der Waals surface area (Å²) < 4.78 is 22.8. The molecule has 0 radical (unpaired) electrons. The van der Waals surface area contributed by atoms with Crippen molar-refractivity contribution in [3.05, 3.63) is 47.5 Å². The number of carboxylic acid groups (broad SMARTS) is 1. The summed E-state index contributed by atoms with van der Waals surface area (Å²) in [6.45, 7) is 6.17. The van der Waals surface area contributed by atoms with Gasteiger partial charge in [-0.1, -0.05) is 6.07 Å². The van der Waals surface area contributed by atoms with Crippen LogP contribution in [-0.2, 0) is 4.79 Å². The Bertz CT molecular complexity index is 915. The van der Waals surface area contributed by atoms with Crippen LogP contribution in [0.2, 0.25) is 0 Å². The Morgan fingerprint density at radius 2 is 1.75 bits per heavy atom. The number of carboxylic acids is 1. The van der Waals surface area contributed by atoms with Crippen LogP contribution >= 0.6 is 0 Å². The Balaban J connectivity index is 2.13. The Morgan fingerprint density at radius 3 is 2.41 bits per heavy atom. The number of carbonyl (C=O) groups is 1. The number of ether oxygens (including phenoxy) is 4. The van der Waals surface area contributed by atoms with Crippen LogP contribution < -0.4 is 18.9 Å². The maximum atomic E-state index is 11.8. The summed E-state index contributed by atoms with van der Waals surface area (Å²) in [6.07, 6.45) is 1.50. The number of hydrogen-bond donors (Lipinski definition) is 1. The molecular formula is C25H33NO6. The maximum absolute atomic E-state index is 11.8. The molecule has 3 rings (SSSR count). The van der Waals surface area contributed by atoms with Crippen LogP contribution in [0.1, 0.15) is 43.9 Å². The fraction of sp³-hybridized carbons (Fsp3) is 0.480. The molecule has 0 aromatic heterocycles. The number of hydrogen-bond acceptors (Lipinski definition) is 6. The Hall–Kier alpha value is -2.93. The van der Waals surface area contributed by atoms with Crippen LogP contribution in [0.3, 0.4) is 0 Å². The van der Waals surface area contributed by atoms with Gasteiger partial charge < -0.3 is 24.1 Å². The van der Waals surface area contributed by atoms with Gasteiger partial charge in [0.15, 0.2) is 11.5 Å². The van der Waals surface area contributed by atoms with Gasteiger partial charge in [0.2, 0.25) is 0 Å². The van der Waals surface area contributed by atoms with Crippen molar-refractivity contribution in [3.8, 4) is 23.0 Å². The lowest BCUT2D eigenvalue weighted by Crippen LogP contribution is -2.41. The molecule has 2 atom stereocenters. The molecule has 174 valence electrons. The Labute approximate surface area is 189 Å². The highest BCUT2D eigenvalue weighted by molar-refractivity contribution is 5.70. The molecule has 7 nitrogen and oxygen atoms in total. The highest BCUT2D eigenvalue weighted by atomic mass is 16.5. The summed E-state index contributed by atoms with van der Waals surface area (Å²) in [5.41, 5.74) is 1.90. The zero-order valence-electron chi connectivity index (χ0n) is 19.3. The first-order chi connectivity index (χ1) is 15.5. The molecule has 1 saturated heterocycles. The predicted molar refractivity (Wildman–Crippen MR) is 122 cm³/mol. The van der Waals surface area contributed by atoms with Gasteiger partial charge >= 0.3 is 5.97 Å². The Kier molecular flexibility index (Phi) is 8.22. The first kappa shape index (κ1) is 23.7.